The number of hydrogen-bond donors (Lipinski definition) is 3. The van der Waals surface area contributed by atoms with Crippen molar-refractivity contribution in [2.24, 2.45) is 0 Å². The number of amides is 3. The summed E-state index contributed by atoms with van der Waals surface area (Å²) < 4.78 is 1.05. The van der Waals surface area contributed by atoms with Crippen LogP contribution >= 0.6 is 22.6 Å². The maximum absolute atomic E-state index is 11.7. The summed E-state index contributed by atoms with van der Waals surface area (Å²) in [6.07, 6.45) is 2.79. The van der Waals surface area contributed by atoms with E-state index in [2.05, 4.69) is 38.5 Å². The fraction of sp³-hybridized carbons (Fsp3) is 0.400. The highest BCUT2D eigenvalue weighted by atomic mass is 125. The molecule has 0 spiro atoms. The zero-order valence-electron chi connectivity index (χ0n) is 12.4. The minimum Gasteiger partial charge on any atom is -0.347 e. The van der Waals surface area contributed by atoms with Crippen LogP contribution in [0.15, 0.2) is 24.3 Å². The number of anilines is 1. The van der Waals surface area contributed by atoms with E-state index in [0.717, 1.165) is 28.4 Å². The second-order valence-electron chi connectivity index (χ2n) is 4.83. The molecule has 0 aliphatic heterocycles. The van der Waals surface area contributed by atoms with Crippen molar-refractivity contribution in [3.63, 3.8) is 0 Å². The second kappa shape index (κ2) is 10.1. The molecule has 0 aliphatic carbocycles. The Morgan fingerprint density at radius 3 is 2.73 bits per heavy atom. The van der Waals surface area contributed by atoms with Gasteiger partial charge in [-0.2, -0.15) is 0 Å². The molecule has 1 atom stereocenters. The van der Waals surface area contributed by atoms with Crippen molar-refractivity contribution < 1.29 is 14.4 Å². The molecule has 1 aromatic rings. The number of hydrogen-bond acceptors (Lipinski definition) is 3. The van der Waals surface area contributed by atoms with Gasteiger partial charge in [0.15, 0.2) is 0 Å². The molecular weight excluding hydrogens is 395 g/mol. The molecule has 0 heterocycles. The fourth-order valence-electron chi connectivity index (χ4n) is 1.87. The van der Waals surface area contributed by atoms with E-state index in [1.54, 1.807) is 0 Å². The SMILES string of the molecule is CC(=O)NC(C=O)CCCCNC(=O)Nc1cccc([125I])c1. The standard InChI is InChI=1S/C15H20IN3O3/c1-11(21)18-14(10-20)6-2-3-8-17-15(22)19-13-7-4-5-12(16)9-13/h4-5,7,9-10,14H,2-3,6,8H2,1H3,(H,18,21)(H2,17,19,22)/i16-2. The molecule has 0 saturated carbocycles. The van der Waals surface area contributed by atoms with Crippen molar-refractivity contribution in [1.82, 2.24) is 10.6 Å². The number of unbranched alkanes of at least 4 members (excludes halogenated alkanes) is 1. The summed E-state index contributed by atoms with van der Waals surface area (Å²) in [7, 11) is 0. The van der Waals surface area contributed by atoms with Crippen LogP contribution in [-0.4, -0.2) is 30.8 Å². The van der Waals surface area contributed by atoms with E-state index in [1.165, 1.54) is 6.92 Å². The molecule has 1 rings (SSSR count). The van der Waals surface area contributed by atoms with Crippen LogP contribution in [0.5, 0.6) is 0 Å². The first-order valence-corrected chi connectivity index (χ1v) is 8.12. The number of halogens is 1. The van der Waals surface area contributed by atoms with E-state index in [9.17, 15) is 14.4 Å². The first kappa shape index (κ1) is 18.4. The molecule has 0 saturated heterocycles. The molecule has 0 bridgehead atoms. The lowest BCUT2D eigenvalue weighted by Gasteiger charge is -2.11. The average Bonchev–Trinajstić information content (AvgIpc) is 2.45. The van der Waals surface area contributed by atoms with Gasteiger partial charge >= 0.3 is 6.03 Å². The topological polar surface area (TPSA) is 87.3 Å². The zero-order valence-corrected chi connectivity index (χ0v) is 14.6. The Balaban J connectivity index is 2.17. The monoisotopic (exact) mass is 415 g/mol. The molecule has 0 fully saturated rings. The summed E-state index contributed by atoms with van der Waals surface area (Å²) in [5.74, 6) is -0.216. The fourth-order valence-corrected chi connectivity index (χ4v) is 2.41. The normalized spacial score (nSPS) is 11.4. The molecule has 1 aromatic carbocycles. The van der Waals surface area contributed by atoms with Crippen LogP contribution < -0.4 is 16.0 Å². The molecule has 1 unspecified atom stereocenters. The Bertz CT molecular complexity index is 523. The van der Waals surface area contributed by atoms with Crippen LogP contribution in [0.25, 0.3) is 0 Å². The Kier molecular flexibility index (Phi) is 8.49. The van der Waals surface area contributed by atoms with Gasteiger partial charge in [-0.1, -0.05) is 6.07 Å². The van der Waals surface area contributed by atoms with Crippen LogP contribution in [-0.2, 0) is 9.59 Å². The van der Waals surface area contributed by atoms with Gasteiger partial charge in [-0.15, -0.1) is 0 Å². The van der Waals surface area contributed by atoms with Gasteiger partial charge in [0.2, 0.25) is 5.91 Å². The van der Waals surface area contributed by atoms with Gasteiger partial charge < -0.3 is 20.7 Å². The van der Waals surface area contributed by atoms with Crippen molar-refractivity contribution >= 4 is 46.5 Å². The van der Waals surface area contributed by atoms with Crippen molar-refractivity contribution in [1.29, 1.82) is 0 Å². The van der Waals surface area contributed by atoms with Crippen molar-refractivity contribution in [3.8, 4) is 0 Å². The molecule has 22 heavy (non-hydrogen) atoms. The lowest BCUT2D eigenvalue weighted by Crippen LogP contribution is -2.34. The third-order valence-corrected chi connectivity index (χ3v) is 3.53. The highest BCUT2D eigenvalue weighted by Gasteiger charge is 2.07. The first-order valence-electron chi connectivity index (χ1n) is 7.04. The Morgan fingerprint density at radius 2 is 2.09 bits per heavy atom. The highest BCUT2D eigenvalue weighted by molar-refractivity contribution is 14.1. The van der Waals surface area contributed by atoms with E-state index < -0.39 is 6.04 Å². The quantitative estimate of drug-likeness (QED) is 0.346. The number of rotatable bonds is 8. The van der Waals surface area contributed by atoms with E-state index in [1.807, 2.05) is 24.3 Å². The summed E-state index contributed by atoms with van der Waals surface area (Å²) in [6.45, 7) is 1.90. The van der Waals surface area contributed by atoms with Gasteiger partial charge in [-0.05, 0) is 60.1 Å². The van der Waals surface area contributed by atoms with Gasteiger partial charge in [0.05, 0.1) is 6.04 Å². The van der Waals surface area contributed by atoms with E-state index in [4.69, 9.17) is 0 Å². The first-order chi connectivity index (χ1) is 10.5. The smallest absolute Gasteiger partial charge is 0.319 e. The molecule has 7 heteroatoms. The van der Waals surface area contributed by atoms with E-state index in [0.29, 0.717) is 13.0 Å². The molecule has 3 amide bonds. The summed E-state index contributed by atoms with van der Waals surface area (Å²) >= 11 is 2.18. The Morgan fingerprint density at radius 1 is 1.32 bits per heavy atom. The van der Waals surface area contributed by atoms with Crippen LogP contribution in [0.3, 0.4) is 0 Å². The molecule has 6 nitrogen and oxygen atoms in total. The van der Waals surface area contributed by atoms with Crippen LogP contribution in [0.1, 0.15) is 26.2 Å². The van der Waals surface area contributed by atoms with Crippen LogP contribution in [0.2, 0.25) is 0 Å². The number of nitrogens with one attached hydrogen (secondary N) is 3. The Labute approximate surface area is 143 Å². The third kappa shape index (κ3) is 7.96. The van der Waals surface area contributed by atoms with Gasteiger partial charge in [0, 0.05) is 22.7 Å². The largest absolute Gasteiger partial charge is 0.347 e. The number of carbonyl (C=O) groups excluding carboxylic acids is 3. The minimum atomic E-state index is -0.447. The predicted octanol–water partition coefficient (Wildman–Crippen LogP) is 2.29. The van der Waals surface area contributed by atoms with Gasteiger partial charge in [-0.3, -0.25) is 4.79 Å². The molecule has 3 N–H and O–H groups in total. The molecule has 120 valence electrons. The van der Waals surface area contributed by atoms with Crippen molar-refractivity contribution in [3.05, 3.63) is 27.8 Å². The summed E-state index contributed by atoms with van der Waals surface area (Å²) in [5, 5.41) is 8.07. The maximum Gasteiger partial charge on any atom is 0.319 e. The lowest BCUT2D eigenvalue weighted by molar-refractivity contribution is -0.122. The van der Waals surface area contributed by atoms with Crippen LogP contribution in [0, 0.1) is 3.57 Å². The second-order valence-corrected chi connectivity index (χ2v) is 6.08. The van der Waals surface area contributed by atoms with Gasteiger partial charge in [0.1, 0.15) is 6.29 Å². The van der Waals surface area contributed by atoms with E-state index in [-0.39, 0.29) is 11.9 Å². The molecular formula is C15H20IN3O3. The molecule has 0 aromatic heterocycles. The summed E-state index contributed by atoms with van der Waals surface area (Å²) in [4.78, 5) is 33.3. The molecule has 0 aliphatic rings. The maximum atomic E-state index is 11.7. The summed E-state index contributed by atoms with van der Waals surface area (Å²) in [6, 6.07) is 6.82. The van der Waals surface area contributed by atoms with Crippen molar-refractivity contribution in [2.75, 3.05) is 11.9 Å². The lowest BCUT2D eigenvalue weighted by atomic mass is 10.1. The minimum absolute atomic E-state index is 0.216. The predicted molar refractivity (Wildman–Crippen MR) is 93.7 cm³/mol. The van der Waals surface area contributed by atoms with Crippen molar-refractivity contribution in [2.45, 2.75) is 32.2 Å². The van der Waals surface area contributed by atoms with Gasteiger partial charge in [0.25, 0.3) is 0 Å². The van der Waals surface area contributed by atoms with Crippen LogP contribution in [0.4, 0.5) is 10.5 Å². The number of urea groups is 1. The Hall–Kier alpha value is -1.64. The molecule has 0 radical (unpaired) electrons. The zero-order chi connectivity index (χ0) is 16.4. The number of benzene rings is 1. The average molecular weight is 415 g/mol. The third-order valence-electron chi connectivity index (χ3n) is 2.86. The number of aldehydes is 1. The van der Waals surface area contributed by atoms with E-state index >= 15 is 0 Å². The number of carbonyl (C=O) groups is 3. The summed E-state index contributed by atoms with van der Waals surface area (Å²) in [5.41, 5.74) is 0.746. The van der Waals surface area contributed by atoms with Gasteiger partial charge in [-0.25, -0.2) is 4.79 Å². The highest BCUT2D eigenvalue weighted by Crippen LogP contribution is 2.11.